The van der Waals surface area contributed by atoms with Gasteiger partial charge in [0.25, 0.3) is 0 Å². The lowest BCUT2D eigenvalue weighted by Crippen LogP contribution is -2.29. The summed E-state index contributed by atoms with van der Waals surface area (Å²) in [4.78, 5) is 19.8. The zero-order chi connectivity index (χ0) is 19.9. The first kappa shape index (κ1) is 20.3. The van der Waals surface area contributed by atoms with E-state index in [1.54, 1.807) is 6.20 Å². The summed E-state index contributed by atoms with van der Waals surface area (Å²) in [6, 6.07) is 17.1. The van der Waals surface area contributed by atoms with Gasteiger partial charge in [-0.05, 0) is 42.4 Å². The van der Waals surface area contributed by atoms with Crippen LogP contribution in [0.3, 0.4) is 0 Å². The Morgan fingerprint density at radius 3 is 2.54 bits per heavy atom. The van der Waals surface area contributed by atoms with Crippen molar-refractivity contribution in [2.45, 2.75) is 19.8 Å². The fourth-order valence-electron chi connectivity index (χ4n) is 3.41. The molecule has 1 unspecified atom stereocenters. The van der Waals surface area contributed by atoms with Crippen molar-refractivity contribution in [2.24, 2.45) is 0 Å². The fraction of sp³-hybridized carbons (Fsp3) is 0.304. The summed E-state index contributed by atoms with van der Waals surface area (Å²) in [6.07, 6.45) is 1.72. The van der Waals surface area contributed by atoms with E-state index in [4.69, 9.17) is 16.3 Å². The molecule has 0 aliphatic carbocycles. The Kier molecular flexibility index (Phi) is 7.01. The van der Waals surface area contributed by atoms with Gasteiger partial charge in [0.2, 0.25) is 0 Å². The second kappa shape index (κ2) is 9.67. The minimum Gasteiger partial charge on any atom is -0.464 e. The molecule has 2 aromatic carbocycles. The fourth-order valence-corrected chi connectivity index (χ4v) is 3.69. The van der Waals surface area contributed by atoms with Crippen LogP contribution in [-0.2, 0) is 9.53 Å². The van der Waals surface area contributed by atoms with E-state index in [0.717, 1.165) is 41.7 Å². The average Bonchev–Trinajstić information content (AvgIpc) is 2.72. The number of likely N-dealkylation sites (N-methyl/N-ethyl adjacent to an activating group) is 1. The normalized spacial score (nSPS) is 12.3. The Labute approximate surface area is 171 Å². The molecule has 0 aliphatic heterocycles. The van der Waals surface area contributed by atoms with Crippen molar-refractivity contribution in [3.05, 3.63) is 76.9 Å². The number of hydrogen-bond acceptors (Lipinski definition) is 4. The Morgan fingerprint density at radius 2 is 1.82 bits per heavy atom. The third kappa shape index (κ3) is 4.51. The van der Waals surface area contributed by atoms with Crippen LogP contribution in [0.2, 0.25) is 5.02 Å². The molecule has 0 N–H and O–H groups in total. The molecular formula is C23H25ClN2O2. The van der Waals surface area contributed by atoms with Crippen molar-refractivity contribution in [3.8, 4) is 0 Å². The van der Waals surface area contributed by atoms with E-state index in [1.807, 2.05) is 54.6 Å². The Morgan fingerprint density at radius 1 is 1.07 bits per heavy atom. The first-order chi connectivity index (χ1) is 13.7. The molecule has 5 heteroatoms. The summed E-state index contributed by atoms with van der Waals surface area (Å²) in [5, 5.41) is 1.37. The zero-order valence-electron chi connectivity index (χ0n) is 16.3. The van der Waals surface area contributed by atoms with Crippen molar-refractivity contribution in [3.63, 3.8) is 0 Å². The van der Waals surface area contributed by atoms with Crippen molar-refractivity contribution >= 4 is 28.5 Å². The number of carbonyl (C=O) groups excluding carboxylic acids is 1. The molecule has 28 heavy (non-hydrogen) atoms. The Bertz CT molecular complexity index is 921. The topological polar surface area (TPSA) is 42.4 Å². The third-order valence-electron chi connectivity index (χ3n) is 4.97. The van der Waals surface area contributed by atoms with Crippen molar-refractivity contribution in [2.75, 3.05) is 26.2 Å². The number of esters is 1. The highest BCUT2D eigenvalue weighted by Crippen LogP contribution is 2.34. The zero-order valence-corrected chi connectivity index (χ0v) is 17.0. The second-order valence-electron chi connectivity index (χ2n) is 6.57. The summed E-state index contributed by atoms with van der Waals surface area (Å²) in [5.41, 5.74) is 2.46. The van der Waals surface area contributed by atoms with E-state index in [0.29, 0.717) is 11.6 Å². The monoisotopic (exact) mass is 396 g/mol. The van der Waals surface area contributed by atoms with Gasteiger partial charge in [-0.3, -0.25) is 9.78 Å². The molecule has 1 atom stereocenters. The van der Waals surface area contributed by atoms with Gasteiger partial charge in [-0.15, -0.1) is 0 Å². The lowest BCUT2D eigenvalue weighted by atomic mass is 9.89. The molecule has 146 valence electrons. The minimum absolute atomic E-state index is 0.272. The number of nitrogens with zero attached hydrogens (tertiary/aromatic N) is 2. The lowest BCUT2D eigenvalue weighted by Gasteiger charge is -2.21. The van der Waals surface area contributed by atoms with Gasteiger partial charge in [0.15, 0.2) is 0 Å². The summed E-state index contributed by atoms with van der Waals surface area (Å²) in [5.74, 6) is -0.825. The Balaban J connectivity index is 1.97. The maximum atomic E-state index is 13.2. The summed E-state index contributed by atoms with van der Waals surface area (Å²) in [7, 11) is 0. The molecule has 4 nitrogen and oxygen atoms in total. The smallest absolute Gasteiger partial charge is 0.317 e. The molecule has 0 saturated heterocycles. The van der Waals surface area contributed by atoms with E-state index in [-0.39, 0.29) is 5.97 Å². The number of hydrogen-bond donors (Lipinski definition) is 0. The molecule has 3 rings (SSSR count). The van der Waals surface area contributed by atoms with Crippen LogP contribution in [0, 0.1) is 0 Å². The van der Waals surface area contributed by atoms with Crippen molar-refractivity contribution in [1.29, 1.82) is 0 Å². The van der Waals surface area contributed by atoms with Gasteiger partial charge >= 0.3 is 5.97 Å². The standard InChI is InChI=1S/C23H25ClN2O2/c1-3-26(4-2)15-16-28-23(27)21(17-9-6-5-7-10-17)18-13-14-25-20-12-8-11-19(24)22(18)20/h5-14,21H,3-4,15-16H2,1-2H3. The van der Waals surface area contributed by atoms with E-state index >= 15 is 0 Å². The number of carbonyl (C=O) groups is 1. The molecule has 0 saturated carbocycles. The van der Waals surface area contributed by atoms with Crippen LogP contribution in [0.5, 0.6) is 0 Å². The molecule has 0 bridgehead atoms. The highest BCUT2D eigenvalue weighted by Gasteiger charge is 2.27. The maximum absolute atomic E-state index is 13.2. The minimum atomic E-state index is -0.552. The first-order valence-electron chi connectivity index (χ1n) is 9.62. The van der Waals surface area contributed by atoms with Crippen LogP contribution in [0.4, 0.5) is 0 Å². The number of benzene rings is 2. The summed E-state index contributed by atoms with van der Waals surface area (Å²) >= 11 is 6.48. The highest BCUT2D eigenvalue weighted by atomic mass is 35.5. The van der Waals surface area contributed by atoms with Crippen molar-refractivity contribution in [1.82, 2.24) is 9.88 Å². The van der Waals surface area contributed by atoms with E-state index in [2.05, 4.69) is 23.7 Å². The number of halogens is 1. The molecule has 0 fully saturated rings. The van der Waals surface area contributed by atoms with Crippen LogP contribution >= 0.6 is 11.6 Å². The van der Waals surface area contributed by atoms with Crippen LogP contribution in [0.25, 0.3) is 10.9 Å². The maximum Gasteiger partial charge on any atom is 0.317 e. The highest BCUT2D eigenvalue weighted by molar-refractivity contribution is 6.35. The van der Waals surface area contributed by atoms with Gasteiger partial charge in [0.1, 0.15) is 12.5 Å². The van der Waals surface area contributed by atoms with Gasteiger partial charge in [-0.2, -0.15) is 0 Å². The van der Waals surface area contributed by atoms with E-state index in [1.165, 1.54) is 0 Å². The van der Waals surface area contributed by atoms with Gasteiger partial charge in [-0.25, -0.2) is 0 Å². The van der Waals surface area contributed by atoms with Gasteiger partial charge < -0.3 is 9.64 Å². The number of rotatable bonds is 8. The molecule has 1 aromatic heterocycles. The number of fused-ring (bicyclic) bond motifs is 1. The summed E-state index contributed by atoms with van der Waals surface area (Å²) in [6.45, 7) is 7.15. The third-order valence-corrected chi connectivity index (χ3v) is 5.29. The lowest BCUT2D eigenvalue weighted by molar-refractivity contribution is -0.144. The summed E-state index contributed by atoms with van der Waals surface area (Å²) < 4.78 is 5.69. The van der Waals surface area contributed by atoms with E-state index < -0.39 is 5.92 Å². The van der Waals surface area contributed by atoms with Crippen LogP contribution in [0.1, 0.15) is 30.9 Å². The van der Waals surface area contributed by atoms with Crippen LogP contribution in [0.15, 0.2) is 60.8 Å². The second-order valence-corrected chi connectivity index (χ2v) is 6.98. The van der Waals surface area contributed by atoms with Gasteiger partial charge in [0, 0.05) is 18.1 Å². The molecule has 3 aromatic rings. The van der Waals surface area contributed by atoms with Crippen molar-refractivity contribution < 1.29 is 9.53 Å². The largest absolute Gasteiger partial charge is 0.464 e. The number of ether oxygens (including phenoxy) is 1. The predicted molar refractivity (Wildman–Crippen MR) is 114 cm³/mol. The molecule has 0 radical (unpaired) electrons. The molecular weight excluding hydrogens is 372 g/mol. The van der Waals surface area contributed by atoms with E-state index in [9.17, 15) is 4.79 Å². The quantitative estimate of drug-likeness (QED) is 0.507. The number of aromatic nitrogens is 1. The molecule has 0 aliphatic rings. The predicted octanol–water partition coefficient (Wildman–Crippen LogP) is 4.91. The molecule has 0 spiro atoms. The molecule has 0 amide bonds. The Hall–Kier alpha value is -2.43. The average molecular weight is 397 g/mol. The molecule has 1 heterocycles. The first-order valence-corrected chi connectivity index (χ1v) is 10.0. The SMILES string of the molecule is CCN(CC)CCOC(=O)C(c1ccccc1)c1ccnc2cccc(Cl)c12. The van der Waals surface area contributed by atoms with Gasteiger partial charge in [0.05, 0.1) is 10.5 Å². The van der Waals surface area contributed by atoms with Gasteiger partial charge in [-0.1, -0.05) is 61.8 Å². The van der Waals surface area contributed by atoms with Crippen LogP contribution in [-0.4, -0.2) is 42.1 Å². The number of pyridine rings is 1. The van der Waals surface area contributed by atoms with Crippen LogP contribution < -0.4 is 0 Å².